The van der Waals surface area contributed by atoms with Gasteiger partial charge in [0.25, 0.3) is 5.91 Å². The number of rotatable bonds is 5. The number of phenolic OH excluding ortho intramolecular Hbond substituents is 1. The zero-order valence-corrected chi connectivity index (χ0v) is 13.0. The van der Waals surface area contributed by atoms with E-state index < -0.39 is 0 Å². The topological polar surface area (TPSA) is 49.3 Å². The van der Waals surface area contributed by atoms with Gasteiger partial charge in [-0.15, -0.1) is 0 Å². The van der Waals surface area contributed by atoms with Crippen LogP contribution < -0.4 is 5.32 Å². The largest absolute Gasteiger partial charge is 0.507 e. The number of hydrogen-bond donors (Lipinski definition) is 2. The third kappa shape index (κ3) is 3.98. The molecule has 0 aliphatic heterocycles. The van der Waals surface area contributed by atoms with Crippen LogP contribution in [0.1, 0.15) is 40.4 Å². The molecule has 1 amide bonds. The molecule has 0 fully saturated rings. The molecule has 0 spiro atoms. The van der Waals surface area contributed by atoms with Crippen LogP contribution in [0.25, 0.3) is 6.08 Å². The first-order valence-corrected chi connectivity index (χ1v) is 7.44. The van der Waals surface area contributed by atoms with Crippen molar-refractivity contribution in [1.82, 2.24) is 5.32 Å². The van der Waals surface area contributed by atoms with Crippen LogP contribution in [0.4, 0.5) is 0 Å². The number of phenols is 1. The van der Waals surface area contributed by atoms with E-state index in [2.05, 4.69) is 5.32 Å². The van der Waals surface area contributed by atoms with E-state index in [0.717, 1.165) is 17.5 Å². The molecular formula is C19H21NO2. The van der Waals surface area contributed by atoms with Gasteiger partial charge in [-0.2, -0.15) is 0 Å². The predicted molar refractivity (Wildman–Crippen MR) is 89.8 cm³/mol. The van der Waals surface area contributed by atoms with Gasteiger partial charge in [-0.1, -0.05) is 43.3 Å². The summed E-state index contributed by atoms with van der Waals surface area (Å²) in [6.45, 7) is 4.54. The molecule has 0 radical (unpaired) electrons. The number of nitrogens with one attached hydrogen (secondary N) is 1. The Bertz CT molecular complexity index is 690. The van der Waals surface area contributed by atoms with Gasteiger partial charge in [0.15, 0.2) is 0 Å². The molecule has 0 bridgehead atoms. The summed E-state index contributed by atoms with van der Waals surface area (Å²) in [6.07, 6.45) is 4.65. The molecule has 0 saturated carbocycles. The van der Waals surface area contributed by atoms with E-state index in [4.69, 9.17) is 0 Å². The van der Waals surface area contributed by atoms with Crippen molar-refractivity contribution in [3.05, 3.63) is 70.8 Å². The number of allylic oxidation sites excluding steroid dienone is 1. The average molecular weight is 295 g/mol. The molecule has 0 aliphatic carbocycles. The predicted octanol–water partition coefficient (Wildman–Crippen LogP) is 4.05. The van der Waals surface area contributed by atoms with Crippen LogP contribution in [-0.2, 0) is 6.54 Å². The quantitative estimate of drug-likeness (QED) is 0.874. The Kier molecular flexibility index (Phi) is 5.37. The molecule has 0 atom stereocenters. The summed E-state index contributed by atoms with van der Waals surface area (Å²) >= 11 is 0. The van der Waals surface area contributed by atoms with Crippen molar-refractivity contribution >= 4 is 12.0 Å². The molecule has 3 nitrogen and oxygen atoms in total. The number of amides is 1. The van der Waals surface area contributed by atoms with Crippen LogP contribution in [-0.4, -0.2) is 11.0 Å². The van der Waals surface area contributed by atoms with E-state index in [1.165, 1.54) is 0 Å². The summed E-state index contributed by atoms with van der Waals surface area (Å²) in [7, 11) is 0. The van der Waals surface area contributed by atoms with Gasteiger partial charge in [0.1, 0.15) is 5.75 Å². The minimum absolute atomic E-state index is 0.144. The fraction of sp³-hybridized carbons (Fsp3) is 0.211. The summed E-state index contributed by atoms with van der Waals surface area (Å²) in [5.41, 5.74) is 3.45. The summed E-state index contributed by atoms with van der Waals surface area (Å²) in [5, 5.41) is 12.7. The first-order valence-electron chi connectivity index (χ1n) is 7.44. The van der Waals surface area contributed by atoms with Gasteiger partial charge in [-0.3, -0.25) is 4.79 Å². The van der Waals surface area contributed by atoms with Crippen molar-refractivity contribution in [2.24, 2.45) is 0 Å². The van der Waals surface area contributed by atoms with E-state index in [-0.39, 0.29) is 11.7 Å². The maximum Gasteiger partial charge on any atom is 0.251 e. The first-order chi connectivity index (χ1) is 10.6. The van der Waals surface area contributed by atoms with E-state index in [1.54, 1.807) is 18.2 Å². The molecule has 0 saturated heterocycles. The fourth-order valence-corrected chi connectivity index (χ4v) is 2.16. The normalized spacial score (nSPS) is 10.8. The van der Waals surface area contributed by atoms with Crippen LogP contribution in [0, 0.1) is 6.92 Å². The average Bonchev–Trinajstić information content (AvgIpc) is 2.53. The number of aryl methyl sites for hydroxylation is 1. The Morgan fingerprint density at radius 1 is 1.23 bits per heavy atom. The van der Waals surface area contributed by atoms with Crippen LogP contribution in [0.2, 0.25) is 0 Å². The zero-order chi connectivity index (χ0) is 15.9. The molecule has 3 heteroatoms. The Hall–Kier alpha value is -2.55. The van der Waals surface area contributed by atoms with Gasteiger partial charge < -0.3 is 10.4 Å². The van der Waals surface area contributed by atoms with Gasteiger partial charge >= 0.3 is 0 Å². The Balaban J connectivity index is 2.10. The lowest BCUT2D eigenvalue weighted by molar-refractivity contribution is 0.0951. The van der Waals surface area contributed by atoms with E-state index in [9.17, 15) is 9.90 Å². The van der Waals surface area contributed by atoms with Crippen molar-refractivity contribution in [2.45, 2.75) is 26.8 Å². The third-order valence-electron chi connectivity index (χ3n) is 3.52. The fourth-order valence-electron chi connectivity index (χ4n) is 2.16. The second-order valence-corrected chi connectivity index (χ2v) is 5.19. The summed E-state index contributed by atoms with van der Waals surface area (Å²) in [4.78, 5) is 12.2. The number of hydrogen-bond acceptors (Lipinski definition) is 2. The highest BCUT2D eigenvalue weighted by Gasteiger charge is 2.08. The smallest absolute Gasteiger partial charge is 0.251 e. The molecule has 0 unspecified atom stereocenters. The molecular weight excluding hydrogens is 274 g/mol. The highest BCUT2D eigenvalue weighted by molar-refractivity contribution is 5.95. The van der Waals surface area contributed by atoms with E-state index >= 15 is 0 Å². The molecule has 22 heavy (non-hydrogen) atoms. The highest BCUT2D eigenvalue weighted by Crippen LogP contribution is 2.20. The molecule has 0 aromatic heterocycles. The maximum atomic E-state index is 12.2. The molecule has 2 N–H and O–H groups in total. The standard InChI is InChI=1S/C19H21NO2/c1-3-4-8-15-12-16(10-11-18(15)21)19(22)20-13-17-9-6-5-7-14(17)2/h4-12,21H,3,13H2,1-2H3,(H,20,22)/b8-4+. The van der Waals surface area contributed by atoms with E-state index in [0.29, 0.717) is 17.7 Å². The zero-order valence-electron chi connectivity index (χ0n) is 13.0. The minimum Gasteiger partial charge on any atom is -0.507 e. The monoisotopic (exact) mass is 295 g/mol. The lowest BCUT2D eigenvalue weighted by atomic mass is 10.1. The summed E-state index contributed by atoms with van der Waals surface area (Å²) < 4.78 is 0. The number of carbonyl (C=O) groups excluding carboxylic acids is 1. The van der Waals surface area contributed by atoms with Crippen LogP contribution >= 0.6 is 0 Å². The van der Waals surface area contributed by atoms with Crippen molar-refractivity contribution < 1.29 is 9.90 Å². The van der Waals surface area contributed by atoms with Crippen molar-refractivity contribution in [2.75, 3.05) is 0 Å². The van der Waals surface area contributed by atoms with Crippen LogP contribution in [0.5, 0.6) is 5.75 Å². The van der Waals surface area contributed by atoms with Crippen LogP contribution in [0.3, 0.4) is 0 Å². The van der Waals surface area contributed by atoms with Crippen molar-refractivity contribution in [1.29, 1.82) is 0 Å². The first kappa shape index (κ1) is 15.8. The second kappa shape index (κ2) is 7.46. The maximum absolute atomic E-state index is 12.2. The molecule has 2 aromatic rings. The van der Waals surface area contributed by atoms with Crippen molar-refractivity contribution in [3.8, 4) is 5.75 Å². The molecule has 2 aromatic carbocycles. The number of benzene rings is 2. The minimum atomic E-state index is -0.144. The SMILES string of the molecule is CC/C=C/c1cc(C(=O)NCc2ccccc2C)ccc1O. The molecule has 0 heterocycles. The Morgan fingerprint density at radius 3 is 2.73 bits per heavy atom. The van der Waals surface area contributed by atoms with Gasteiger partial charge in [0.05, 0.1) is 0 Å². The summed E-state index contributed by atoms with van der Waals surface area (Å²) in [6, 6.07) is 12.9. The Morgan fingerprint density at radius 2 is 2.00 bits per heavy atom. The van der Waals surface area contributed by atoms with Gasteiger partial charge in [-0.25, -0.2) is 0 Å². The summed E-state index contributed by atoms with van der Waals surface area (Å²) in [5.74, 6) is 0.0366. The molecule has 2 rings (SSSR count). The van der Waals surface area contributed by atoms with Gasteiger partial charge in [-0.05, 0) is 42.7 Å². The lowest BCUT2D eigenvalue weighted by Crippen LogP contribution is -2.23. The third-order valence-corrected chi connectivity index (χ3v) is 3.52. The lowest BCUT2D eigenvalue weighted by Gasteiger charge is -2.09. The van der Waals surface area contributed by atoms with Gasteiger partial charge in [0, 0.05) is 17.7 Å². The number of carbonyl (C=O) groups is 1. The van der Waals surface area contributed by atoms with Crippen molar-refractivity contribution in [3.63, 3.8) is 0 Å². The van der Waals surface area contributed by atoms with E-state index in [1.807, 2.05) is 50.3 Å². The van der Waals surface area contributed by atoms with Gasteiger partial charge in [0.2, 0.25) is 0 Å². The Labute approximate surface area is 131 Å². The molecule has 114 valence electrons. The second-order valence-electron chi connectivity index (χ2n) is 5.19. The molecule has 0 aliphatic rings. The van der Waals surface area contributed by atoms with Crippen LogP contribution in [0.15, 0.2) is 48.5 Å². The highest BCUT2D eigenvalue weighted by atomic mass is 16.3. The number of aromatic hydroxyl groups is 1.